The summed E-state index contributed by atoms with van der Waals surface area (Å²) in [6.07, 6.45) is 2.05. The van der Waals surface area contributed by atoms with Gasteiger partial charge in [0.1, 0.15) is 0 Å². The number of ether oxygens (including phenoxy) is 1. The third-order valence-corrected chi connectivity index (χ3v) is 5.18. The van der Waals surface area contributed by atoms with E-state index in [0.717, 1.165) is 12.0 Å². The van der Waals surface area contributed by atoms with Crippen LogP contribution >= 0.6 is 0 Å². The number of nitrogens with one attached hydrogen (secondary N) is 1. The zero-order valence-corrected chi connectivity index (χ0v) is 17.5. The molecule has 2 amide bonds. The molecule has 0 saturated carbocycles. The first-order valence-electron chi connectivity index (χ1n) is 10.4. The third-order valence-electron chi connectivity index (χ3n) is 5.18. The maximum absolute atomic E-state index is 12.3. The minimum Gasteiger partial charge on any atom is -0.452 e. The zero-order valence-electron chi connectivity index (χ0n) is 17.5. The number of hydrogen-bond donors (Lipinski definition) is 1. The van der Waals surface area contributed by atoms with E-state index in [-0.39, 0.29) is 18.4 Å². The summed E-state index contributed by atoms with van der Waals surface area (Å²) < 4.78 is 5.12. The number of amides is 2. The van der Waals surface area contributed by atoms with Crippen LogP contribution in [0.4, 0.5) is 5.69 Å². The van der Waals surface area contributed by atoms with E-state index in [1.807, 2.05) is 0 Å². The number of esters is 1. The van der Waals surface area contributed by atoms with Crippen molar-refractivity contribution in [2.24, 2.45) is 0 Å². The summed E-state index contributed by atoms with van der Waals surface area (Å²) in [4.78, 5) is 37.8. The standard InChI is InChI=1S/C24H28N2O4/c1-17(2)19-10-8-18(9-11-19)12-13-25-22(27)16-30-24(29)20-5-3-6-21(15-20)26-14-4-7-23(26)28/h3,5-6,8-11,15,17H,4,7,12-14,16H2,1-2H3,(H,25,27). The van der Waals surface area contributed by atoms with Crippen LogP contribution in [0.2, 0.25) is 0 Å². The lowest BCUT2D eigenvalue weighted by Gasteiger charge is -2.16. The van der Waals surface area contributed by atoms with E-state index in [0.29, 0.717) is 43.1 Å². The fraction of sp³-hybridized carbons (Fsp3) is 0.375. The number of carbonyl (C=O) groups is 3. The SMILES string of the molecule is CC(C)c1ccc(CCNC(=O)COC(=O)c2cccc(N3CCCC3=O)c2)cc1. The van der Waals surface area contributed by atoms with E-state index in [2.05, 4.69) is 43.4 Å². The summed E-state index contributed by atoms with van der Waals surface area (Å²) in [5.74, 6) is -0.375. The average Bonchev–Trinajstić information content (AvgIpc) is 3.18. The number of carbonyl (C=O) groups excluding carboxylic acids is 3. The highest BCUT2D eigenvalue weighted by atomic mass is 16.5. The van der Waals surface area contributed by atoms with Crippen LogP contribution in [0, 0.1) is 0 Å². The molecule has 2 aromatic carbocycles. The predicted molar refractivity (Wildman–Crippen MR) is 116 cm³/mol. The molecule has 0 aromatic heterocycles. The van der Waals surface area contributed by atoms with Crippen molar-refractivity contribution in [2.75, 3.05) is 24.6 Å². The van der Waals surface area contributed by atoms with Gasteiger partial charge >= 0.3 is 5.97 Å². The zero-order chi connectivity index (χ0) is 21.5. The van der Waals surface area contributed by atoms with E-state index in [9.17, 15) is 14.4 Å². The molecule has 30 heavy (non-hydrogen) atoms. The molecule has 0 bridgehead atoms. The molecule has 6 nitrogen and oxygen atoms in total. The third kappa shape index (κ3) is 5.69. The van der Waals surface area contributed by atoms with Gasteiger partial charge in [0.25, 0.3) is 5.91 Å². The lowest BCUT2D eigenvalue weighted by molar-refractivity contribution is -0.124. The van der Waals surface area contributed by atoms with Crippen molar-refractivity contribution < 1.29 is 19.1 Å². The predicted octanol–water partition coefficient (Wildman–Crippen LogP) is 3.45. The summed E-state index contributed by atoms with van der Waals surface area (Å²) in [6, 6.07) is 15.1. The van der Waals surface area contributed by atoms with Crippen molar-refractivity contribution in [1.82, 2.24) is 5.32 Å². The highest BCUT2D eigenvalue weighted by molar-refractivity contribution is 5.97. The van der Waals surface area contributed by atoms with Gasteiger partial charge in [0.2, 0.25) is 5.91 Å². The van der Waals surface area contributed by atoms with E-state index in [1.54, 1.807) is 29.2 Å². The lowest BCUT2D eigenvalue weighted by atomic mass is 10.0. The van der Waals surface area contributed by atoms with E-state index >= 15 is 0 Å². The van der Waals surface area contributed by atoms with Crippen LogP contribution in [-0.2, 0) is 20.7 Å². The van der Waals surface area contributed by atoms with Crippen molar-refractivity contribution in [3.05, 3.63) is 65.2 Å². The van der Waals surface area contributed by atoms with Crippen molar-refractivity contribution >= 4 is 23.5 Å². The molecule has 0 unspecified atom stereocenters. The molecule has 1 heterocycles. The van der Waals surface area contributed by atoms with Gasteiger partial charge in [-0.1, -0.05) is 44.2 Å². The second-order valence-corrected chi connectivity index (χ2v) is 7.77. The molecule has 0 aliphatic carbocycles. The van der Waals surface area contributed by atoms with Crippen LogP contribution in [0.15, 0.2) is 48.5 Å². The summed E-state index contributed by atoms with van der Waals surface area (Å²) in [5.41, 5.74) is 3.43. The number of anilines is 1. The Labute approximate surface area is 177 Å². The topological polar surface area (TPSA) is 75.7 Å². The number of benzene rings is 2. The maximum atomic E-state index is 12.3. The van der Waals surface area contributed by atoms with Crippen LogP contribution in [-0.4, -0.2) is 37.5 Å². The van der Waals surface area contributed by atoms with Crippen molar-refractivity contribution in [3.63, 3.8) is 0 Å². The van der Waals surface area contributed by atoms with Gasteiger partial charge < -0.3 is 15.0 Å². The van der Waals surface area contributed by atoms with Crippen LogP contribution in [0.25, 0.3) is 0 Å². The van der Waals surface area contributed by atoms with E-state index in [4.69, 9.17) is 4.74 Å². The van der Waals surface area contributed by atoms with Crippen LogP contribution in [0.5, 0.6) is 0 Å². The van der Waals surface area contributed by atoms with Crippen molar-refractivity contribution in [3.8, 4) is 0 Å². The van der Waals surface area contributed by atoms with Crippen LogP contribution in [0.1, 0.15) is 54.1 Å². The molecule has 2 aromatic rings. The molecule has 1 N–H and O–H groups in total. The largest absolute Gasteiger partial charge is 0.452 e. The van der Waals surface area contributed by atoms with Gasteiger partial charge in [0, 0.05) is 25.2 Å². The van der Waals surface area contributed by atoms with Gasteiger partial charge in [-0.25, -0.2) is 4.79 Å². The molecule has 1 aliphatic heterocycles. The van der Waals surface area contributed by atoms with Crippen LogP contribution in [0.3, 0.4) is 0 Å². The Morgan fingerprint density at radius 3 is 2.57 bits per heavy atom. The smallest absolute Gasteiger partial charge is 0.338 e. The summed E-state index contributed by atoms with van der Waals surface area (Å²) in [7, 11) is 0. The van der Waals surface area contributed by atoms with Gasteiger partial charge in [-0.05, 0) is 48.1 Å². The fourth-order valence-electron chi connectivity index (χ4n) is 3.40. The van der Waals surface area contributed by atoms with Crippen molar-refractivity contribution in [1.29, 1.82) is 0 Å². The molecule has 3 rings (SSSR count). The van der Waals surface area contributed by atoms with Gasteiger partial charge in [-0.15, -0.1) is 0 Å². The van der Waals surface area contributed by atoms with Gasteiger partial charge in [-0.2, -0.15) is 0 Å². The Morgan fingerprint density at radius 2 is 1.90 bits per heavy atom. The van der Waals surface area contributed by atoms with E-state index in [1.165, 1.54) is 5.56 Å². The maximum Gasteiger partial charge on any atom is 0.338 e. The minimum absolute atomic E-state index is 0.0544. The summed E-state index contributed by atoms with van der Waals surface area (Å²) >= 11 is 0. The first-order chi connectivity index (χ1) is 14.4. The monoisotopic (exact) mass is 408 g/mol. The quantitative estimate of drug-likeness (QED) is 0.679. The molecule has 1 saturated heterocycles. The normalized spacial score (nSPS) is 13.6. The van der Waals surface area contributed by atoms with Gasteiger partial charge in [-0.3, -0.25) is 9.59 Å². The number of hydrogen-bond acceptors (Lipinski definition) is 4. The second-order valence-electron chi connectivity index (χ2n) is 7.77. The number of rotatable bonds is 8. The van der Waals surface area contributed by atoms with Gasteiger partial charge in [0.05, 0.1) is 5.56 Å². The summed E-state index contributed by atoms with van der Waals surface area (Å²) in [5, 5.41) is 2.77. The van der Waals surface area contributed by atoms with E-state index < -0.39 is 5.97 Å². The second kappa shape index (κ2) is 10.1. The summed E-state index contributed by atoms with van der Waals surface area (Å²) in [6.45, 7) is 5.10. The highest BCUT2D eigenvalue weighted by Crippen LogP contribution is 2.22. The molecule has 0 atom stereocenters. The van der Waals surface area contributed by atoms with Gasteiger partial charge in [0.15, 0.2) is 6.61 Å². The molecule has 1 fully saturated rings. The number of nitrogens with zero attached hydrogens (tertiary/aromatic N) is 1. The molecule has 0 radical (unpaired) electrons. The first kappa shape index (κ1) is 21.6. The molecule has 158 valence electrons. The molecule has 6 heteroatoms. The Kier molecular flexibility index (Phi) is 7.22. The first-order valence-corrected chi connectivity index (χ1v) is 10.4. The fourth-order valence-corrected chi connectivity index (χ4v) is 3.40. The van der Waals surface area contributed by atoms with Crippen molar-refractivity contribution in [2.45, 2.75) is 39.0 Å². The average molecular weight is 408 g/mol. The van der Waals surface area contributed by atoms with Crippen LogP contribution < -0.4 is 10.2 Å². The molecular weight excluding hydrogens is 380 g/mol. The minimum atomic E-state index is -0.581. The Balaban J connectivity index is 1.43. The molecule has 1 aliphatic rings. The molecular formula is C24H28N2O4. The Bertz CT molecular complexity index is 906. The lowest BCUT2D eigenvalue weighted by Crippen LogP contribution is -2.30. The Hall–Kier alpha value is -3.15. The Morgan fingerprint density at radius 1 is 1.13 bits per heavy atom. The highest BCUT2D eigenvalue weighted by Gasteiger charge is 2.22. The molecule has 0 spiro atoms.